The summed E-state index contributed by atoms with van der Waals surface area (Å²) in [5, 5.41) is 12.5. The van der Waals surface area contributed by atoms with Gasteiger partial charge in [0.2, 0.25) is 5.95 Å². The van der Waals surface area contributed by atoms with Crippen molar-refractivity contribution in [1.82, 2.24) is 15.3 Å². The number of halogens is 7. The molecule has 1 aliphatic heterocycles. The molecule has 3 aromatic rings. The van der Waals surface area contributed by atoms with Crippen molar-refractivity contribution in [2.24, 2.45) is 0 Å². The van der Waals surface area contributed by atoms with Gasteiger partial charge in [0, 0.05) is 24.9 Å². The van der Waals surface area contributed by atoms with E-state index in [0.29, 0.717) is 17.5 Å². The number of rotatable bonds is 12. The van der Waals surface area contributed by atoms with Crippen LogP contribution in [-0.4, -0.2) is 73.5 Å². The lowest BCUT2D eigenvalue weighted by Gasteiger charge is -2.40. The molecule has 4 rings (SSSR count). The van der Waals surface area contributed by atoms with E-state index < -0.39 is 71.2 Å². The molecule has 1 fully saturated rings. The predicted octanol–water partition coefficient (Wildman–Crippen LogP) is 5.38. The Morgan fingerprint density at radius 3 is 2.17 bits per heavy atom. The molecule has 0 bridgehead atoms. The van der Waals surface area contributed by atoms with Crippen LogP contribution in [0.1, 0.15) is 58.8 Å². The number of aliphatic hydroxyl groups excluding tert-OH is 1. The van der Waals surface area contributed by atoms with E-state index in [1.165, 1.54) is 48.2 Å². The maximum Gasteiger partial charge on any atom is 0.416 e. The molecule has 0 saturated carbocycles. The SMILES string of the molecule is CCS(=O)(=O)c1ccc([C@H](CO)NC(=O)c2cnc(N3CC(c4ccc(C(F)(F)F)cc4)CC[C@H]3COC(F)(F)C(F)F)nc2)cc1. The van der Waals surface area contributed by atoms with Crippen molar-refractivity contribution in [3.05, 3.63) is 83.2 Å². The lowest BCUT2D eigenvalue weighted by atomic mass is 9.87. The molecule has 2 aromatic carbocycles. The molecule has 1 saturated heterocycles. The van der Waals surface area contributed by atoms with E-state index in [4.69, 9.17) is 0 Å². The van der Waals surface area contributed by atoms with Crippen LogP contribution in [-0.2, 0) is 20.8 Å². The van der Waals surface area contributed by atoms with Crippen LogP contribution in [0.5, 0.6) is 0 Å². The molecule has 2 N–H and O–H groups in total. The number of nitrogens with zero attached hydrogens (tertiary/aromatic N) is 3. The normalized spacial score (nSPS) is 18.3. The Morgan fingerprint density at radius 2 is 1.64 bits per heavy atom. The van der Waals surface area contributed by atoms with E-state index in [2.05, 4.69) is 20.0 Å². The van der Waals surface area contributed by atoms with E-state index in [1.807, 2.05) is 0 Å². The Hall–Kier alpha value is -3.83. The second-order valence-corrected chi connectivity index (χ2v) is 13.1. The van der Waals surface area contributed by atoms with Gasteiger partial charge in [0.15, 0.2) is 9.84 Å². The van der Waals surface area contributed by atoms with Crippen LogP contribution in [0.4, 0.5) is 36.7 Å². The highest BCUT2D eigenvalue weighted by molar-refractivity contribution is 7.91. The second-order valence-electron chi connectivity index (χ2n) is 10.8. The van der Waals surface area contributed by atoms with Gasteiger partial charge in [-0.05, 0) is 48.2 Å². The van der Waals surface area contributed by atoms with Crippen LogP contribution in [0.25, 0.3) is 0 Å². The van der Waals surface area contributed by atoms with E-state index in [0.717, 1.165) is 24.5 Å². The van der Waals surface area contributed by atoms with Crippen molar-refractivity contribution in [2.45, 2.75) is 61.4 Å². The predicted molar refractivity (Wildman–Crippen MR) is 155 cm³/mol. The number of piperidine rings is 1. The number of aliphatic hydroxyl groups is 1. The van der Waals surface area contributed by atoms with Gasteiger partial charge in [0.25, 0.3) is 5.91 Å². The summed E-state index contributed by atoms with van der Waals surface area (Å²) in [6.45, 7) is 0.144. The van der Waals surface area contributed by atoms with Gasteiger partial charge in [0.05, 0.1) is 47.1 Å². The van der Waals surface area contributed by atoms with Crippen LogP contribution >= 0.6 is 0 Å². The van der Waals surface area contributed by atoms with Gasteiger partial charge in [-0.15, -0.1) is 0 Å². The zero-order valence-electron chi connectivity index (χ0n) is 24.8. The maximum absolute atomic E-state index is 13.6. The fraction of sp³-hybridized carbons (Fsp3) is 0.433. The highest BCUT2D eigenvalue weighted by atomic mass is 32.2. The van der Waals surface area contributed by atoms with Gasteiger partial charge in [0.1, 0.15) is 0 Å². The number of benzene rings is 2. The maximum atomic E-state index is 13.6. The van der Waals surface area contributed by atoms with Crippen molar-refractivity contribution >= 4 is 21.7 Å². The molecule has 0 aliphatic carbocycles. The molecular weight excluding hydrogens is 661 g/mol. The largest absolute Gasteiger partial charge is 0.416 e. The van der Waals surface area contributed by atoms with E-state index in [9.17, 15) is 49.1 Å². The minimum atomic E-state index is -4.72. The number of ether oxygens (including phenoxy) is 1. The molecule has 0 radical (unpaired) electrons. The molecule has 2 heterocycles. The fourth-order valence-corrected chi connectivity index (χ4v) is 5.95. The summed E-state index contributed by atoms with van der Waals surface area (Å²) in [7, 11) is -3.46. The minimum absolute atomic E-state index is 0.0154. The molecule has 9 nitrogen and oxygen atoms in total. The molecule has 1 amide bonds. The van der Waals surface area contributed by atoms with Gasteiger partial charge < -0.3 is 20.1 Å². The van der Waals surface area contributed by atoms with Crippen LogP contribution < -0.4 is 10.2 Å². The summed E-state index contributed by atoms with van der Waals surface area (Å²) < 4.78 is 120. The Labute approximate surface area is 265 Å². The lowest BCUT2D eigenvalue weighted by molar-refractivity contribution is -0.301. The monoisotopic (exact) mass is 692 g/mol. The van der Waals surface area contributed by atoms with Crippen LogP contribution in [0, 0.1) is 0 Å². The van der Waals surface area contributed by atoms with Crippen molar-refractivity contribution in [3.63, 3.8) is 0 Å². The number of nitrogens with one attached hydrogen (secondary N) is 1. The van der Waals surface area contributed by atoms with Crippen LogP contribution in [0.15, 0.2) is 65.8 Å². The first kappa shape index (κ1) is 36.0. The molecule has 256 valence electrons. The molecule has 47 heavy (non-hydrogen) atoms. The number of alkyl halides is 7. The zero-order chi connectivity index (χ0) is 34.6. The summed E-state index contributed by atoms with van der Waals surface area (Å²) in [6, 6.07) is 8.22. The van der Waals surface area contributed by atoms with Crippen molar-refractivity contribution < 1.29 is 53.8 Å². The van der Waals surface area contributed by atoms with Gasteiger partial charge in [-0.25, -0.2) is 27.2 Å². The average Bonchev–Trinajstić information content (AvgIpc) is 3.06. The number of hydrogen-bond donors (Lipinski definition) is 2. The topological polar surface area (TPSA) is 122 Å². The quantitative estimate of drug-likeness (QED) is 0.243. The van der Waals surface area contributed by atoms with E-state index in [1.54, 1.807) is 0 Å². The lowest BCUT2D eigenvalue weighted by Crippen LogP contribution is -2.48. The molecule has 1 unspecified atom stereocenters. The first-order valence-electron chi connectivity index (χ1n) is 14.4. The first-order chi connectivity index (χ1) is 22.1. The standard InChI is InChI=1S/C30H31F7N4O5S/c1-2-47(44,45)24-11-6-19(7-12-24)25(16-42)40-26(43)21-13-38-28(39-14-21)41-15-20(18-3-8-22(9-4-18)29(33,34)35)5-10-23(41)17-46-30(36,37)27(31)32/h3-4,6-9,11-14,20,23,25,27,42H,2,5,10,15-17H2,1H3,(H,40,43)/t20?,23-,25-/m0/s1. The van der Waals surface area contributed by atoms with Crippen molar-refractivity contribution in [2.75, 3.05) is 30.4 Å². The molecule has 0 spiro atoms. The Kier molecular flexibility index (Phi) is 11.1. The zero-order valence-corrected chi connectivity index (χ0v) is 25.6. The van der Waals surface area contributed by atoms with E-state index in [-0.39, 0.29) is 35.1 Å². The van der Waals surface area contributed by atoms with Gasteiger partial charge >= 0.3 is 18.7 Å². The third kappa shape index (κ3) is 8.75. The molecular formula is C30H31F7N4O5S. The summed E-state index contributed by atoms with van der Waals surface area (Å²) in [4.78, 5) is 22.8. The van der Waals surface area contributed by atoms with Gasteiger partial charge in [-0.2, -0.15) is 22.0 Å². The third-order valence-corrected chi connectivity index (χ3v) is 9.56. The van der Waals surface area contributed by atoms with Crippen LogP contribution in [0.3, 0.4) is 0 Å². The van der Waals surface area contributed by atoms with E-state index >= 15 is 0 Å². The number of aromatic nitrogens is 2. The number of hydrogen-bond acceptors (Lipinski definition) is 8. The third-order valence-electron chi connectivity index (χ3n) is 7.80. The summed E-state index contributed by atoms with van der Waals surface area (Å²) >= 11 is 0. The van der Waals surface area contributed by atoms with Crippen LogP contribution in [0.2, 0.25) is 0 Å². The average molecular weight is 693 g/mol. The summed E-state index contributed by atoms with van der Waals surface area (Å²) in [5.41, 5.74) is 0.0216. The number of carbonyl (C=O) groups excluding carboxylic acids is 1. The number of sulfone groups is 1. The molecule has 1 aliphatic rings. The van der Waals surface area contributed by atoms with Crippen molar-refractivity contribution in [1.29, 1.82) is 0 Å². The summed E-state index contributed by atoms with van der Waals surface area (Å²) in [6.07, 6.45) is -10.7. The summed E-state index contributed by atoms with van der Waals surface area (Å²) in [5.74, 6) is -1.29. The minimum Gasteiger partial charge on any atom is -0.394 e. The van der Waals surface area contributed by atoms with Gasteiger partial charge in [-0.1, -0.05) is 31.2 Å². The highest BCUT2D eigenvalue weighted by Gasteiger charge is 2.44. The fourth-order valence-electron chi connectivity index (χ4n) is 5.07. The molecule has 17 heteroatoms. The smallest absolute Gasteiger partial charge is 0.394 e. The Bertz CT molecular complexity index is 1610. The Balaban J connectivity index is 1.52. The number of anilines is 1. The number of amides is 1. The Morgan fingerprint density at radius 1 is 1.02 bits per heavy atom. The second kappa shape index (κ2) is 14.5. The highest BCUT2D eigenvalue weighted by Crippen LogP contribution is 2.36. The first-order valence-corrected chi connectivity index (χ1v) is 16.0. The molecule has 3 atom stereocenters. The molecule has 1 aromatic heterocycles. The van der Waals surface area contributed by atoms with Gasteiger partial charge in [-0.3, -0.25) is 4.79 Å². The van der Waals surface area contributed by atoms with Crippen molar-refractivity contribution in [3.8, 4) is 0 Å². The number of carbonyl (C=O) groups is 1.